The van der Waals surface area contributed by atoms with Gasteiger partial charge < -0.3 is 15.0 Å². The number of nitrogens with one attached hydrogen (secondary N) is 1. The standard InChI is InChI=1S/C20H19ClN4O3S/c1-2-25-17(10-13-6-4-3-5-7-13)23-24-20(25)29-12-18(26)22-16-11-14(19(27)28)8-9-15(16)21/h3-9,11H,2,10,12H2,1H3,(H,22,26)(H,27,28). The van der Waals surface area contributed by atoms with Crippen molar-refractivity contribution in [2.75, 3.05) is 11.1 Å². The molecule has 1 aromatic heterocycles. The van der Waals surface area contributed by atoms with Crippen molar-refractivity contribution in [3.05, 3.63) is 70.5 Å². The van der Waals surface area contributed by atoms with Crippen LogP contribution in [0.5, 0.6) is 0 Å². The zero-order chi connectivity index (χ0) is 20.8. The van der Waals surface area contributed by atoms with Gasteiger partial charge in [0.2, 0.25) is 5.91 Å². The number of aromatic carboxylic acids is 1. The van der Waals surface area contributed by atoms with Gasteiger partial charge in [0, 0.05) is 13.0 Å². The van der Waals surface area contributed by atoms with Gasteiger partial charge in [0.25, 0.3) is 0 Å². The lowest BCUT2D eigenvalue weighted by Crippen LogP contribution is -2.15. The van der Waals surface area contributed by atoms with Crippen LogP contribution < -0.4 is 5.32 Å². The lowest BCUT2D eigenvalue weighted by Gasteiger charge is -2.09. The fourth-order valence-corrected chi connectivity index (χ4v) is 3.71. The van der Waals surface area contributed by atoms with E-state index in [1.54, 1.807) is 0 Å². The molecule has 2 aromatic carbocycles. The Hall–Kier alpha value is -2.84. The fraction of sp³-hybridized carbons (Fsp3) is 0.200. The first-order valence-corrected chi connectivity index (χ1v) is 10.3. The van der Waals surface area contributed by atoms with Gasteiger partial charge in [0.15, 0.2) is 5.16 Å². The van der Waals surface area contributed by atoms with E-state index in [2.05, 4.69) is 15.5 Å². The van der Waals surface area contributed by atoms with E-state index in [0.29, 0.717) is 18.1 Å². The average molecular weight is 431 g/mol. The van der Waals surface area contributed by atoms with Crippen LogP contribution in [0.25, 0.3) is 0 Å². The second-order valence-corrected chi connectivity index (χ2v) is 7.49. The van der Waals surface area contributed by atoms with Crippen LogP contribution in [0.3, 0.4) is 0 Å². The van der Waals surface area contributed by atoms with Gasteiger partial charge in [-0.15, -0.1) is 10.2 Å². The number of benzene rings is 2. The summed E-state index contributed by atoms with van der Waals surface area (Å²) in [5.74, 6) is -0.473. The Bertz CT molecular complexity index is 1020. The molecule has 29 heavy (non-hydrogen) atoms. The summed E-state index contributed by atoms with van der Waals surface area (Å²) in [6.45, 7) is 2.69. The number of nitrogens with zero attached hydrogens (tertiary/aromatic N) is 3. The first-order valence-electron chi connectivity index (χ1n) is 8.89. The molecule has 0 radical (unpaired) electrons. The molecular formula is C20H19ClN4O3S. The molecular weight excluding hydrogens is 412 g/mol. The number of aromatic nitrogens is 3. The van der Waals surface area contributed by atoms with Gasteiger partial charge in [-0.05, 0) is 30.7 Å². The Balaban J connectivity index is 1.65. The maximum atomic E-state index is 12.3. The summed E-state index contributed by atoms with van der Waals surface area (Å²) in [5.41, 5.74) is 1.45. The quantitative estimate of drug-likeness (QED) is 0.525. The third-order valence-corrected chi connectivity index (χ3v) is 5.43. The highest BCUT2D eigenvalue weighted by atomic mass is 35.5. The number of hydrogen-bond donors (Lipinski definition) is 2. The third-order valence-electron chi connectivity index (χ3n) is 4.13. The predicted molar refractivity (Wildman–Crippen MR) is 113 cm³/mol. The molecule has 0 atom stereocenters. The minimum Gasteiger partial charge on any atom is -0.478 e. The van der Waals surface area contributed by atoms with Crippen LogP contribution in [0.4, 0.5) is 5.69 Å². The van der Waals surface area contributed by atoms with Crippen LogP contribution >= 0.6 is 23.4 Å². The monoisotopic (exact) mass is 430 g/mol. The van der Waals surface area contributed by atoms with E-state index in [-0.39, 0.29) is 27.9 Å². The Morgan fingerprint density at radius 3 is 2.62 bits per heavy atom. The largest absolute Gasteiger partial charge is 0.478 e. The van der Waals surface area contributed by atoms with Gasteiger partial charge in [-0.25, -0.2) is 4.79 Å². The molecule has 0 spiro atoms. The van der Waals surface area contributed by atoms with Crippen LogP contribution in [0.15, 0.2) is 53.7 Å². The summed E-state index contributed by atoms with van der Waals surface area (Å²) < 4.78 is 1.98. The summed E-state index contributed by atoms with van der Waals surface area (Å²) in [5, 5.41) is 21.1. The van der Waals surface area contributed by atoms with Crippen molar-refractivity contribution in [3.8, 4) is 0 Å². The molecule has 3 aromatic rings. The molecule has 0 unspecified atom stereocenters. The zero-order valence-corrected chi connectivity index (χ0v) is 17.2. The van der Waals surface area contributed by atoms with E-state index in [1.165, 1.54) is 30.0 Å². The van der Waals surface area contributed by atoms with Crippen LogP contribution in [0.1, 0.15) is 28.7 Å². The molecule has 0 saturated heterocycles. The molecule has 3 rings (SSSR count). The van der Waals surface area contributed by atoms with E-state index in [0.717, 1.165) is 11.4 Å². The minimum absolute atomic E-state index is 0.0497. The topological polar surface area (TPSA) is 97.1 Å². The number of carboxylic acid groups (broad SMARTS) is 1. The molecule has 150 valence electrons. The number of hydrogen-bond acceptors (Lipinski definition) is 5. The SMILES string of the molecule is CCn1c(Cc2ccccc2)nnc1SCC(=O)Nc1cc(C(=O)O)ccc1Cl. The van der Waals surface area contributed by atoms with Gasteiger partial charge in [-0.3, -0.25) is 4.79 Å². The van der Waals surface area contributed by atoms with Crippen molar-refractivity contribution >= 4 is 40.9 Å². The molecule has 0 aliphatic carbocycles. The van der Waals surface area contributed by atoms with Crippen LogP contribution in [0.2, 0.25) is 5.02 Å². The highest BCUT2D eigenvalue weighted by molar-refractivity contribution is 7.99. The van der Waals surface area contributed by atoms with Crippen LogP contribution in [-0.2, 0) is 17.8 Å². The van der Waals surface area contributed by atoms with Crippen molar-refractivity contribution in [2.24, 2.45) is 0 Å². The van der Waals surface area contributed by atoms with Crippen molar-refractivity contribution < 1.29 is 14.7 Å². The summed E-state index contributed by atoms with van der Waals surface area (Å²) in [6, 6.07) is 14.1. The molecule has 0 aliphatic heterocycles. The summed E-state index contributed by atoms with van der Waals surface area (Å²) >= 11 is 7.31. The van der Waals surface area contributed by atoms with Gasteiger partial charge in [-0.2, -0.15) is 0 Å². The number of carbonyl (C=O) groups is 2. The predicted octanol–water partition coefficient (Wildman–Crippen LogP) is 3.97. The maximum absolute atomic E-state index is 12.3. The zero-order valence-electron chi connectivity index (χ0n) is 15.6. The molecule has 1 amide bonds. The normalized spacial score (nSPS) is 10.7. The van der Waals surface area contributed by atoms with E-state index in [9.17, 15) is 9.59 Å². The lowest BCUT2D eigenvalue weighted by atomic mass is 10.1. The first-order chi connectivity index (χ1) is 14.0. The molecule has 0 aliphatic rings. The van der Waals surface area contributed by atoms with Crippen LogP contribution in [0, 0.1) is 0 Å². The molecule has 0 fully saturated rings. The Kier molecular flexibility index (Phi) is 6.90. The summed E-state index contributed by atoms with van der Waals surface area (Å²) in [6.07, 6.45) is 0.659. The van der Waals surface area contributed by atoms with Crippen molar-refractivity contribution in [3.63, 3.8) is 0 Å². The first kappa shape index (κ1) is 20.9. The third kappa shape index (κ3) is 5.36. The summed E-state index contributed by atoms with van der Waals surface area (Å²) in [7, 11) is 0. The Morgan fingerprint density at radius 1 is 1.17 bits per heavy atom. The van der Waals surface area contributed by atoms with Gasteiger partial charge in [0.1, 0.15) is 5.82 Å². The molecule has 0 bridgehead atoms. The number of anilines is 1. The van der Waals surface area contributed by atoms with Gasteiger partial charge >= 0.3 is 5.97 Å². The van der Waals surface area contributed by atoms with Crippen molar-refractivity contribution in [2.45, 2.75) is 25.0 Å². The van der Waals surface area contributed by atoms with Crippen LogP contribution in [-0.4, -0.2) is 37.5 Å². The Labute approximate surface area is 177 Å². The molecule has 0 saturated carbocycles. The number of rotatable bonds is 8. The maximum Gasteiger partial charge on any atom is 0.335 e. The molecule has 1 heterocycles. The number of carboxylic acids is 1. The van der Waals surface area contributed by atoms with Crippen molar-refractivity contribution in [1.29, 1.82) is 0 Å². The summed E-state index contributed by atoms with van der Waals surface area (Å²) in [4.78, 5) is 23.4. The molecule has 9 heteroatoms. The smallest absolute Gasteiger partial charge is 0.335 e. The molecule has 7 nitrogen and oxygen atoms in total. The second-order valence-electron chi connectivity index (χ2n) is 6.14. The number of amides is 1. The lowest BCUT2D eigenvalue weighted by molar-refractivity contribution is -0.113. The van der Waals surface area contributed by atoms with E-state index in [1.807, 2.05) is 41.8 Å². The fourth-order valence-electron chi connectivity index (χ4n) is 2.72. The van der Waals surface area contributed by atoms with Gasteiger partial charge in [-0.1, -0.05) is 53.7 Å². The van der Waals surface area contributed by atoms with Crippen molar-refractivity contribution in [1.82, 2.24) is 14.8 Å². The number of carbonyl (C=O) groups excluding carboxylic acids is 1. The molecule has 2 N–H and O–H groups in total. The highest BCUT2D eigenvalue weighted by Gasteiger charge is 2.15. The second kappa shape index (κ2) is 9.58. The van der Waals surface area contributed by atoms with Gasteiger partial charge in [0.05, 0.1) is 22.0 Å². The Morgan fingerprint density at radius 2 is 1.93 bits per heavy atom. The highest BCUT2D eigenvalue weighted by Crippen LogP contribution is 2.24. The van der Waals surface area contributed by atoms with E-state index in [4.69, 9.17) is 16.7 Å². The average Bonchev–Trinajstić information content (AvgIpc) is 3.10. The minimum atomic E-state index is -1.09. The number of thioether (sulfide) groups is 1. The van der Waals surface area contributed by atoms with E-state index >= 15 is 0 Å². The van der Waals surface area contributed by atoms with E-state index < -0.39 is 5.97 Å². The number of halogens is 1.